The number of anilines is 1. The molecule has 102 valence electrons. The van der Waals surface area contributed by atoms with Crippen molar-refractivity contribution >= 4 is 34.3 Å². The minimum absolute atomic E-state index is 0.282. The Morgan fingerprint density at radius 2 is 2.05 bits per heavy atom. The third-order valence-corrected chi connectivity index (χ3v) is 3.18. The van der Waals surface area contributed by atoms with Crippen LogP contribution in [0.3, 0.4) is 0 Å². The van der Waals surface area contributed by atoms with E-state index in [9.17, 15) is 13.2 Å². The van der Waals surface area contributed by atoms with Gasteiger partial charge in [0.05, 0.1) is 16.2 Å². The molecule has 1 aromatic carbocycles. The average molecular weight is 289 g/mol. The van der Waals surface area contributed by atoms with E-state index in [0.717, 1.165) is 0 Å². The molecule has 0 aliphatic heterocycles. The number of hydrogen-bond acceptors (Lipinski definition) is 1. The first kappa shape index (κ1) is 13.8. The Bertz CT molecular complexity index is 641. The van der Waals surface area contributed by atoms with Gasteiger partial charge < -0.3 is 10.3 Å². The molecule has 0 atom stereocenters. The summed E-state index contributed by atoms with van der Waals surface area (Å²) in [5.41, 5.74) is 6.88. The first-order valence-corrected chi connectivity index (χ1v) is 5.98. The molecule has 0 aliphatic carbocycles. The van der Waals surface area contributed by atoms with Gasteiger partial charge in [0.1, 0.15) is 6.54 Å². The lowest BCUT2D eigenvalue weighted by Crippen LogP contribution is -2.18. The van der Waals surface area contributed by atoms with Crippen molar-refractivity contribution in [2.45, 2.75) is 19.6 Å². The van der Waals surface area contributed by atoms with Crippen LogP contribution in [0.5, 0.6) is 0 Å². The standard InChI is InChI=1S/C13H12ClF3N2/c1-2-3-8-6-9-11(5-4-10(18)12(9)14)19(8)7-13(15,16)17/h2-6H,7,18H2,1H3/b3-2+. The molecular formula is C13H12ClF3N2. The minimum Gasteiger partial charge on any atom is -0.398 e. The highest BCUT2D eigenvalue weighted by molar-refractivity contribution is 6.38. The third-order valence-electron chi connectivity index (χ3n) is 2.76. The van der Waals surface area contributed by atoms with Crippen molar-refractivity contribution in [2.24, 2.45) is 0 Å². The second-order valence-corrected chi connectivity index (χ2v) is 4.55. The second kappa shape index (κ2) is 4.81. The van der Waals surface area contributed by atoms with E-state index in [2.05, 4.69) is 0 Å². The lowest BCUT2D eigenvalue weighted by atomic mass is 10.2. The van der Waals surface area contributed by atoms with Gasteiger partial charge in [-0.25, -0.2) is 0 Å². The minimum atomic E-state index is -4.30. The lowest BCUT2D eigenvalue weighted by Gasteiger charge is -2.12. The molecule has 0 spiro atoms. The van der Waals surface area contributed by atoms with Crippen molar-refractivity contribution < 1.29 is 13.2 Å². The van der Waals surface area contributed by atoms with Crippen LogP contribution in [0, 0.1) is 0 Å². The van der Waals surface area contributed by atoms with Crippen LogP contribution in [0.2, 0.25) is 5.02 Å². The van der Waals surface area contributed by atoms with Crippen LogP contribution >= 0.6 is 11.6 Å². The first-order valence-electron chi connectivity index (χ1n) is 5.60. The van der Waals surface area contributed by atoms with E-state index in [1.165, 1.54) is 10.6 Å². The Morgan fingerprint density at radius 1 is 1.37 bits per heavy atom. The number of halogens is 4. The highest BCUT2D eigenvalue weighted by Gasteiger charge is 2.29. The fourth-order valence-corrected chi connectivity index (χ4v) is 2.22. The predicted molar refractivity (Wildman–Crippen MR) is 72.1 cm³/mol. The summed E-state index contributed by atoms with van der Waals surface area (Å²) in [7, 11) is 0. The number of hydrogen-bond donors (Lipinski definition) is 1. The topological polar surface area (TPSA) is 30.9 Å². The van der Waals surface area contributed by atoms with Crippen molar-refractivity contribution in [2.75, 3.05) is 5.73 Å². The summed E-state index contributed by atoms with van der Waals surface area (Å²) in [5, 5.41) is 0.809. The molecule has 2 N–H and O–H groups in total. The van der Waals surface area contributed by atoms with E-state index in [-0.39, 0.29) is 5.02 Å². The van der Waals surface area contributed by atoms with Crippen molar-refractivity contribution in [3.8, 4) is 0 Å². The van der Waals surface area contributed by atoms with Crippen molar-refractivity contribution in [1.29, 1.82) is 0 Å². The first-order chi connectivity index (χ1) is 8.83. The van der Waals surface area contributed by atoms with Gasteiger partial charge in [-0.1, -0.05) is 17.7 Å². The number of benzene rings is 1. The molecule has 2 rings (SSSR count). The van der Waals surface area contributed by atoms with E-state index in [1.54, 1.807) is 31.2 Å². The SMILES string of the molecule is C/C=C/c1cc2c(Cl)c(N)ccc2n1CC(F)(F)F. The van der Waals surface area contributed by atoms with E-state index in [4.69, 9.17) is 17.3 Å². The number of nitrogens with zero attached hydrogens (tertiary/aromatic N) is 1. The van der Waals surface area contributed by atoms with Crippen LogP contribution in [0.25, 0.3) is 17.0 Å². The maximum Gasteiger partial charge on any atom is 0.406 e. The molecule has 0 saturated heterocycles. The number of nitrogen functional groups attached to an aromatic ring is 1. The Morgan fingerprint density at radius 3 is 2.63 bits per heavy atom. The zero-order valence-electron chi connectivity index (χ0n) is 10.1. The molecule has 2 nitrogen and oxygen atoms in total. The van der Waals surface area contributed by atoms with Gasteiger partial charge in [-0.2, -0.15) is 13.2 Å². The van der Waals surface area contributed by atoms with E-state index in [1.807, 2.05) is 0 Å². The van der Waals surface area contributed by atoms with Crippen LogP contribution < -0.4 is 5.73 Å². The molecule has 1 aromatic heterocycles. The van der Waals surface area contributed by atoms with E-state index in [0.29, 0.717) is 22.3 Å². The molecular weight excluding hydrogens is 277 g/mol. The van der Waals surface area contributed by atoms with Gasteiger partial charge in [0, 0.05) is 11.1 Å². The van der Waals surface area contributed by atoms with Gasteiger partial charge in [-0.05, 0) is 31.2 Å². The fourth-order valence-electron chi connectivity index (χ4n) is 2.00. The quantitative estimate of drug-likeness (QED) is 0.812. The molecule has 6 heteroatoms. The van der Waals surface area contributed by atoms with Gasteiger partial charge in [-0.3, -0.25) is 0 Å². The summed E-state index contributed by atoms with van der Waals surface area (Å²) in [6, 6.07) is 4.67. The molecule has 0 fully saturated rings. The van der Waals surface area contributed by atoms with Crippen molar-refractivity contribution in [3.05, 3.63) is 35.0 Å². The zero-order chi connectivity index (χ0) is 14.2. The second-order valence-electron chi connectivity index (χ2n) is 4.17. The number of aromatic nitrogens is 1. The Hall–Kier alpha value is -1.62. The monoisotopic (exact) mass is 288 g/mol. The van der Waals surface area contributed by atoms with Crippen LogP contribution in [-0.2, 0) is 6.54 Å². The smallest absolute Gasteiger partial charge is 0.398 e. The van der Waals surface area contributed by atoms with Crippen LogP contribution in [0.1, 0.15) is 12.6 Å². The van der Waals surface area contributed by atoms with Gasteiger partial charge in [0.25, 0.3) is 0 Å². The molecule has 0 unspecified atom stereocenters. The van der Waals surface area contributed by atoms with Crippen LogP contribution in [-0.4, -0.2) is 10.7 Å². The largest absolute Gasteiger partial charge is 0.406 e. The number of alkyl halides is 3. The number of allylic oxidation sites excluding steroid dienone is 1. The van der Waals surface area contributed by atoms with Crippen molar-refractivity contribution in [3.63, 3.8) is 0 Å². The Kier molecular flexibility index (Phi) is 3.49. The highest BCUT2D eigenvalue weighted by atomic mass is 35.5. The summed E-state index contributed by atoms with van der Waals surface area (Å²) in [5.74, 6) is 0. The van der Waals surface area contributed by atoms with Gasteiger partial charge >= 0.3 is 6.18 Å². The highest BCUT2D eigenvalue weighted by Crippen LogP contribution is 2.33. The van der Waals surface area contributed by atoms with Crippen LogP contribution in [0.15, 0.2) is 24.3 Å². The van der Waals surface area contributed by atoms with E-state index < -0.39 is 12.7 Å². The van der Waals surface area contributed by atoms with Gasteiger partial charge in [0.2, 0.25) is 0 Å². The predicted octanol–water partition coefficient (Wildman–Crippen LogP) is 4.47. The summed E-state index contributed by atoms with van der Waals surface area (Å²) in [6.45, 7) is 0.683. The Balaban J connectivity index is 2.71. The maximum absolute atomic E-state index is 12.6. The normalized spacial score (nSPS) is 12.7. The molecule has 2 aromatic rings. The number of rotatable bonds is 2. The van der Waals surface area contributed by atoms with Crippen molar-refractivity contribution in [1.82, 2.24) is 4.57 Å². The molecule has 0 bridgehead atoms. The third kappa shape index (κ3) is 2.71. The fraction of sp³-hybridized carbons (Fsp3) is 0.231. The number of fused-ring (bicyclic) bond motifs is 1. The molecule has 0 amide bonds. The Labute approximate surface area is 113 Å². The molecule has 0 saturated carbocycles. The van der Waals surface area contributed by atoms with Crippen LogP contribution in [0.4, 0.5) is 18.9 Å². The maximum atomic E-state index is 12.6. The number of nitrogens with two attached hydrogens (primary N) is 1. The van der Waals surface area contributed by atoms with Gasteiger partial charge in [0.15, 0.2) is 0 Å². The molecule has 19 heavy (non-hydrogen) atoms. The summed E-state index contributed by atoms with van der Waals surface area (Å²) >= 11 is 6.04. The summed E-state index contributed by atoms with van der Waals surface area (Å²) in [4.78, 5) is 0. The molecule has 0 radical (unpaired) electrons. The summed E-state index contributed by atoms with van der Waals surface area (Å²) in [6.07, 6.45) is -1.01. The zero-order valence-corrected chi connectivity index (χ0v) is 10.9. The average Bonchev–Trinajstić information content (AvgIpc) is 2.62. The van der Waals surface area contributed by atoms with Gasteiger partial charge in [-0.15, -0.1) is 0 Å². The van der Waals surface area contributed by atoms with E-state index >= 15 is 0 Å². The summed E-state index contributed by atoms with van der Waals surface area (Å²) < 4.78 is 39.1. The molecule has 1 heterocycles. The lowest BCUT2D eigenvalue weighted by molar-refractivity contribution is -0.139. The molecule has 0 aliphatic rings.